The van der Waals surface area contributed by atoms with Crippen LogP contribution < -0.4 is 5.14 Å². The van der Waals surface area contributed by atoms with E-state index in [1.54, 1.807) is 6.07 Å². The largest absolute Gasteiger partial charge is 0.238 e. The number of sulfonamides is 1. The number of unbranched alkanes of at least 4 members (excludes halogenated alkanes) is 13. The van der Waals surface area contributed by atoms with E-state index in [1.165, 1.54) is 83.5 Å². The first-order chi connectivity index (χ1) is 13.4. The van der Waals surface area contributed by atoms with Crippen LogP contribution in [0.2, 0.25) is 0 Å². The molecule has 0 saturated carbocycles. The van der Waals surface area contributed by atoms with Gasteiger partial charge in [0.1, 0.15) is 0 Å². The van der Waals surface area contributed by atoms with E-state index in [1.807, 2.05) is 13.0 Å². The fourth-order valence-corrected chi connectivity index (χ4v) is 5.28. The first-order valence-electron chi connectivity index (χ1n) is 11.2. The Morgan fingerprint density at radius 2 is 1.21 bits per heavy atom. The van der Waals surface area contributed by atoms with Crippen molar-refractivity contribution in [3.63, 3.8) is 0 Å². The molecule has 162 valence electrons. The third-order valence-corrected chi connectivity index (χ3v) is 7.03. The number of halogens is 1. The molecule has 5 heteroatoms. The maximum absolute atomic E-state index is 11.7. The van der Waals surface area contributed by atoms with Gasteiger partial charge in [-0.15, -0.1) is 0 Å². The van der Waals surface area contributed by atoms with E-state index < -0.39 is 10.0 Å². The van der Waals surface area contributed by atoms with Crippen LogP contribution in [-0.4, -0.2) is 8.42 Å². The Morgan fingerprint density at radius 1 is 0.786 bits per heavy atom. The van der Waals surface area contributed by atoms with E-state index in [-0.39, 0.29) is 4.90 Å². The Hall–Kier alpha value is -0.390. The molecule has 1 aromatic carbocycles. The quantitative estimate of drug-likeness (QED) is 0.253. The molecule has 0 saturated heterocycles. The van der Waals surface area contributed by atoms with Crippen LogP contribution in [0, 0.1) is 6.92 Å². The third-order valence-electron chi connectivity index (χ3n) is 5.54. The number of benzene rings is 1. The summed E-state index contributed by atoms with van der Waals surface area (Å²) < 4.78 is 24.2. The van der Waals surface area contributed by atoms with Crippen LogP contribution in [0.25, 0.3) is 0 Å². The van der Waals surface area contributed by atoms with Gasteiger partial charge in [-0.25, -0.2) is 13.6 Å². The van der Waals surface area contributed by atoms with Crippen LogP contribution in [0.4, 0.5) is 0 Å². The SMILES string of the molecule is CCCCCCCCCCCCCCCCc1cc(Br)cc(S(N)(=O)=O)c1C. The first-order valence-corrected chi connectivity index (χ1v) is 13.5. The minimum Gasteiger partial charge on any atom is -0.225 e. The highest BCUT2D eigenvalue weighted by atomic mass is 79.9. The van der Waals surface area contributed by atoms with E-state index in [0.717, 1.165) is 28.4 Å². The lowest BCUT2D eigenvalue weighted by Gasteiger charge is -2.11. The fourth-order valence-electron chi connectivity index (χ4n) is 3.77. The zero-order valence-electron chi connectivity index (χ0n) is 17.9. The fraction of sp³-hybridized carbons (Fsp3) is 0.739. The molecule has 3 nitrogen and oxygen atoms in total. The molecule has 2 N–H and O–H groups in total. The Balaban J connectivity index is 2.10. The molecule has 0 heterocycles. The second kappa shape index (κ2) is 14.6. The van der Waals surface area contributed by atoms with Crippen molar-refractivity contribution in [2.75, 3.05) is 0 Å². The molecule has 0 aliphatic carbocycles. The summed E-state index contributed by atoms with van der Waals surface area (Å²) in [5.41, 5.74) is 1.87. The van der Waals surface area contributed by atoms with Crippen molar-refractivity contribution in [2.45, 2.75) is 115 Å². The minimum atomic E-state index is -3.67. The van der Waals surface area contributed by atoms with E-state index in [4.69, 9.17) is 5.14 Å². The maximum Gasteiger partial charge on any atom is 0.238 e. The van der Waals surface area contributed by atoms with Crippen LogP contribution >= 0.6 is 15.9 Å². The lowest BCUT2D eigenvalue weighted by Crippen LogP contribution is -2.14. The van der Waals surface area contributed by atoms with Gasteiger partial charge in [0.15, 0.2) is 0 Å². The number of nitrogens with two attached hydrogens (primary N) is 1. The highest BCUT2D eigenvalue weighted by molar-refractivity contribution is 9.10. The van der Waals surface area contributed by atoms with Crippen molar-refractivity contribution in [2.24, 2.45) is 5.14 Å². The molecular weight excluding hydrogens is 434 g/mol. The smallest absolute Gasteiger partial charge is 0.225 e. The van der Waals surface area contributed by atoms with Crippen LogP contribution in [0.15, 0.2) is 21.5 Å². The number of rotatable bonds is 16. The second-order valence-electron chi connectivity index (χ2n) is 8.08. The highest BCUT2D eigenvalue weighted by Gasteiger charge is 2.15. The Bertz CT molecular complexity index is 659. The van der Waals surface area contributed by atoms with Gasteiger partial charge in [-0.2, -0.15) is 0 Å². The number of primary sulfonamides is 1. The third kappa shape index (κ3) is 11.0. The van der Waals surface area contributed by atoms with Gasteiger partial charge in [-0.3, -0.25) is 0 Å². The highest BCUT2D eigenvalue weighted by Crippen LogP contribution is 2.25. The zero-order valence-corrected chi connectivity index (χ0v) is 20.3. The molecule has 1 rings (SSSR count). The summed E-state index contributed by atoms with van der Waals surface area (Å²) in [6, 6.07) is 3.62. The lowest BCUT2D eigenvalue weighted by molar-refractivity contribution is 0.535. The van der Waals surface area contributed by atoms with Gasteiger partial charge in [-0.1, -0.05) is 106 Å². The molecule has 0 fully saturated rings. The van der Waals surface area contributed by atoms with Gasteiger partial charge in [0.05, 0.1) is 4.90 Å². The molecular formula is C23H40BrNO2S. The molecule has 0 amide bonds. The number of hydrogen-bond acceptors (Lipinski definition) is 2. The van der Waals surface area contributed by atoms with E-state index in [9.17, 15) is 8.42 Å². The van der Waals surface area contributed by atoms with Crippen LogP contribution in [0.5, 0.6) is 0 Å². The Kier molecular flexibility index (Phi) is 13.3. The molecule has 0 radical (unpaired) electrons. The van der Waals surface area contributed by atoms with Crippen LogP contribution in [0.1, 0.15) is 108 Å². The Labute approximate surface area is 182 Å². The monoisotopic (exact) mass is 473 g/mol. The molecule has 28 heavy (non-hydrogen) atoms. The Morgan fingerprint density at radius 3 is 1.64 bits per heavy atom. The van der Waals surface area contributed by atoms with Gasteiger partial charge in [0.25, 0.3) is 0 Å². The minimum absolute atomic E-state index is 0.238. The van der Waals surface area contributed by atoms with Gasteiger partial charge in [0, 0.05) is 4.47 Å². The van der Waals surface area contributed by atoms with Crippen LogP contribution in [-0.2, 0) is 16.4 Å². The van der Waals surface area contributed by atoms with E-state index in [2.05, 4.69) is 22.9 Å². The van der Waals surface area contributed by atoms with Crippen molar-refractivity contribution >= 4 is 26.0 Å². The standard InChI is InChI=1S/C23H40BrNO2S/c1-3-4-5-6-7-8-9-10-11-12-13-14-15-16-17-21-18-22(24)19-23(20(21)2)28(25,26)27/h18-19H,3-17H2,1-2H3,(H2,25,26,27). The summed E-state index contributed by atoms with van der Waals surface area (Å²) >= 11 is 3.40. The second-order valence-corrected chi connectivity index (χ2v) is 10.5. The predicted octanol–water partition coefficient (Wildman–Crippen LogP) is 7.43. The summed E-state index contributed by atoms with van der Waals surface area (Å²) in [7, 11) is -3.67. The molecule has 0 spiro atoms. The maximum atomic E-state index is 11.7. The van der Waals surface area contributed by atoms with Gasteiger partial charge < -0.3 is 0 Å². The van der Waals surface area contributed by atoms with E-state index >= 15 is 0 Å². The molecule has 0 aromatic heterocycles. The molecule has 0 aliphatic heterocycles. The first kappa shape index (κ1) is 25.6. The van der Waals surface area contributed by atoms with Crippen molar-refractivity contribution in [1.29, 1.82) is 0 Å². The lowest BCUT2D eigenvalue weighted by atomic mass is 10.0. The molecule has 0 bridgehead atoms. The molecule has 1 aromatic rings. The molecule has 0 atom stereocenters. The van der Waals surface area contributed by atoms with Crippen molar-refractivity contribution in [3.05, 3.63) is 27.7 Å². The average Bonchev–Trinajstić information content (AvgIpc) is 2.63. The van der Waals surface area contributed by atoms with Crippen molar-refractivity contribution < 1.29 is 8.42 Å². The summed E-state index contributed by atoms with van der Waals surface area (Å²) in [6.45, 7) is 4.12. The van der Waals surface area contributed by atoms with Gasteiger partial charge in [-0.05, 0) is 43.0 Å². The molecule has 0 aliphatic rings. The topological polar surface area (TPSA) is 60.2 Å². The summed E-state index contributed by atoms with van der Waals surface area (Å²) in [5.74, 6) is 0. The average molecular weight is 475 g/mol. The van der Waals surface area contributed by atoms with Gasteiger partial charge >= 0.3 is 0 Å². The van der Waals surface area contributed by atoms with Crippen molar-refractivity contribution in [3.8, 4) is 0 Å². The van der Waals surface area contributed by atoms with E-state index in [0.29, 0.717) is 0 Å². The zero-order chi connectivity index (χ0) is 20.8. The van der Waals surface area contributed by atoms with Crippen LogP contribution in [0.3, 0.4) is 0 Å². The normalized spacial score (nSPS) is 11.9. The predicted molar refractivity (Wildman–Crippen MR) is 124 cm³/mol. The van der Waals surface area contributed by atoms with Crippen molar-refractivity contribution in [1.82, 2.24) is 0 Å². The van der Waals surface area contributed by atoms with Gasteiger partial charge in [0.2, 0.25) is 10.0 Å². The summed E-state index contributed by atoms with van der Waals surface area (Å²) in [6.07, 6.45) is 19.7. The molecule has 0 unspecified atom stereocenters. The summed E-state index contributed by atoms with van der Waals surface area (Å²) in [4.78, 5) is 0.238. The summed E-state index contributed by atoms with van der Waals surface area (Å²) in [5, 5.41) is 5.33. The number of aryl methyl sites for hydroxylation is 1. The number of hydrogen-bond donors (Lipinski definition) is 1.